The first kappa shape index (κ1) is 14.6. The van der Waals surface area contributed by atoms with Crippen LogP contribution < -0.4 is 5.43 Å². The molecule has 0 unspecified atom stereocenters. The molecular weight excluding hydrogens is 316 g/mol. The zero-order chi connectivity index (χ0) is 16.4. The molecule has 0 aliphatic heterocycles. The molecule has 0 aliphatic carbocycles. The molecule has 0 bridgehead atoms. The van der Waals surface area contributed by atoms with Crippen molar-refractivity contribution in [1.82, 2.24) is 5.43 Å². The standard InChI is InChI=1S/C20H14N2OS/c23-20(19-10-5-11-24-19)22-21-13-18-16-8-3-1-6-14(16)12-15-7-2-4-9-17(15)18/h1-13H,(H,22,23)/b21-13-. The van der Waals surface area contributed by atoms with Crippen LogP contribution >= 0.6 is 11.3 Å². The minimum Gasteiger partial charge on any atom is -0.266 e. The summed E-state index contributed by atoms with van der Waals surface area (Å²) in [6.07, 6.45) is 1.73. The fourth-order valence-corrected chi connectivity index (χ4v) is 3.42. The number of carbonyl (C=O) groups excluding carboxylic acids is 1. The number of thiophene rings is 1. The number of rotatable bonds is 3. The lowest BCUT2D eigenvalue weighted by atomic mass is 9.97. The number of hydrogen-bond acceptors (Lipinski definition) is 3. The van der Waals surface area contributed by atoms with Gasteiger partial charge in [0, 0.05) is 5.56 Å². The van der Waals surface area contributed by atoms with Crippen LogP contribution in [0.4, 0.5) is 0 Å². The van der Waals surface area contributed by atoms with Crippen LogP contribution in [0.5, 0.6) is 0 Å². The van der Waals surface area contributed by atoms with Crippen molar-refractivity contribution in [1.29, 1.82) is 0 Å². The molecule has 3 nitrogen and oxygen atoms in total. The molecule has 3 aromatic carbocycles. The van der Waals surface area contributed by atoms with E-state index in [-0.39, 0.29) is 5.91 Å². The minimum absolute atomic E-state index is 0.189. The van der Waals surface area contributed by atoms with Crippen molar-refractivity contribution >= 4 is 45.0 Å². The second-order valence-corrected chi connectivity index (χ2v) is 6.36. The molecule has 0 saturated carbocycles. The van der Waals surface area contributed by atoms with Gasteiger partial charge in [-0.2, -0.15) is 5.10 Å². The van der Waals surface area contributed by atoms with Gasteiger partial charge in [-0.05, 0) is 39.1 Å². The van der Waals surface area contributed by atoms with Crippen LogP contribution in [-0.2, 0) is 0 Å². The lowest BCUT2D eigenvalue weighted by Gasteiger charge is -2.07. The average Bonchev–Trinajstić information content (AvgIpc) is 3.16. The van der Waals surface area contributed by atoms with Crippen LogP contribution in [0, 0.1) is 0 Å². The maximum absolute atomic E-state index is 12.0. The summed E-state index contributed by atoms with van der Waals surface area (Å²) in [5.74, 6) is -0.189. The SMILES string of the molecule is O=C(N/N=C\c1c2ccccc2cc2ccccc12)c1cccs1. The number of benzene rings is 3. The molecule has 24 heavy (non-hydrogen) atoms. The van der Waals surface area contributed by atoms with Gasteiger partial charge in [-0.25, -0.2) is 5.43 Å². The van der Waals surface area contributed by atoms with Gasteiger partial charge in [0.05, 0.1) is 11.1 Å². The fourth-order valence-electron chi connectivity index (χ4n) is 2.81. The van der Waals surface area contributed by atoms with E-state index < -0.39 is 0 Å². The van der Waals surface area contributed by atoms with Gasteiger partial charge < -0.3 is 0 Å². The van der Waals surface area contributed by atoms with Crippen molar-refractivity contribution in [2.75, 3.05) is 0 Å². The van der Waals surface area contributed by atoms with Gasteiger partial charge in [-0.1, -0.05) is 54.6 Å². The van der Waals surface area contributed by atoms with E-state index in [0.29, 0.717) is 4.88 Å². The Morgan fingerprint density at radius 2 is 1.58 bits per heavy atom. The van der Waals surface area contributed by atoms with Gasteiger partial charge >= 0.3 is 0 Å². The van der Waals surface area contributed by atoms with E-state index in [2.05, 4.69) is 40.9 Å². The number of hydrogen-bond donors (Lipinski definition) is 1. The van der Waals surface area contributed by atoms with Crippen molar-refractivity contribution < 1.29 is 4.79 Å². The molecule has 1 N–H and O–H groups in total. The molecule has 1 aromatic heterocycles. The lowest BCUT2D eigenvalue weighted by molar-refractivity contribution is 0.0959. The molecule has 0 atom stereocenters. The fraction of sp³-hybridized carbons (Fsp3) is 0. The number of hydrazone groups is 1. The highest BCUT2D eigenvalue weighted by Gasteiger charge is 2.07. The van der Waals surface area contributed by atoms with Gasteiger partial charge in [0.15, 0.2) is 0 Å². The molecule has 0 saturated heterocycles. The normalized spacial score (nSPS) is 11.3. The number of fused-ring (bicyclic) bond motifs is 2. The van der Waals surface area contributed by atoms with Gasteiger partial charge in [0.1, 0.15) is 0 Å². The number of amides is 1. The van der Waals surface area contributed by atoms with E-state index in [0.717, 1.165) is 27.1 Å². The first-order valence-electron chi connectivity index (χ1n) is 7.60. The summed E-state index contributed by atoms with van der Waals surface area (Å²) < 4.78 is 0. The maximum atomic E-state index is 12.0. The third kappa shape index (κ3) is 2.68. The maximum Gasteiger partial charge on any atom is 0.281 e. The molecule has 0 spiro atoms. The largest absolute Gasteiger partial charge is 0.281 e. The summed E-state index contributed by atoms with van der Waals surface area (Å²) in [5.41, 5.74) is 3.61. The van der Waals surface area contributed by atoms with Gasteiger partial charge in [0.2, 0.25) is 0 Å². The number of nitrogens with zero attached hydrogens (tertiary/aromatic N) is 1. The van der Waals surface area contributed by atoms with Crippen LogP contribution in [0.3, 0.4) is 0 Å². The van der Waals surface area contributed by atoms with E-state index >= 15 is 0 Å². The minimum atomic E-state index is -0.189. The third-order valence-corrected chi connectivity index (χ3v) is 4.79. The van der Waals surface area contributed by atoms with Gasteiger partial charge in [-0.15, -0.1) is 11.3 Å². The molecule has 1 heterocycles. The molecule has 0 fully saturated rings. The Morgan fingerprint density at radius 3 is 2.21 bits per heavy atom. The highest BCUT2D eigenvalue weighted by atomic mass is 32.1. The second kappa shape index (κ2) is 6.26. The molecule has 116 valence electrons. The highest BCUT2D eigenvalue weighted by Crippen LogP contribution is 2.27. The van der Waals surface area contributed by atoms with Gasteiger partial charge in [-0.3, -0.25) is 4.79 Å². The second-order valence-electron chi connectivity index (χ2n) is 5.41. The molecule has 4 aromatic rings. The Labute approximate surface area is 143 Å². The molecule has 0 aliphatic rings. The van der Waals surface area contributed by atoms with Crippen molar-refractivity contribution in [2.45, 2.75) is 0 Å². The van der Waals surface area contributed by atoms with Crippen molar-refractivity contribution in [3.8, 4) is 0 Å². The average molecular weight is 330 g/mol. The number of nitrogens with one attached hydrogen (secondary N) is 1. The van der Waals surface area contributed by atoms with E-state index in [1.54, 1.807) is 12.3 Å². The summed E-state index contributed by atoms with van der Waals surface area (Å²) >= 11 is 1.40. The summed E-state index contributed by atoms with van der Waals surface area (Å²) in [7, 11) is 0. The molecule has 4 heteroatoms. The summed E-state index contributed by atoms with van der Waals surface area (Å²) in [4.78, 5) is 12.7. The predicted molar refractivity (Wildman–Crippen MR) is 101 cm³/mol. The Morgan fingerprint density at radius 1 is 0.917 bits per heavy atom. The van der Waals surface area contributed by atoms with Crippen molar-refractivity contribution in [3.05, 3.63) is 82.6 Å². The van der Waals surface area contributed by atoms with Gasteiger partial charge in [0.25, 0.3) is 5.91 Å². The monoisotopic (exact) mass is 330 g/mol. The smallest absolute Gasteiger partial charge is 0.266 e. The molecule has 1 amide bonds. The Kier molecular flexibility index (Phi) is 3.81. The first-order valence-corrected chi connectivity index (χ1v) is 8.48. The van der Waals surface area contributed by atoms with Crippen LogP contribution in [0.25, 0.3) is 21.5 Å². The van der Waals surface area contributed by atoms with Crippen LogP contribution in [0.15, 0.2) is 77.2 Å². The van der Waals surface area contributed by atoms with Crippen LogP contribution in [0.1, 0.15) is 15.2 Å². The van der Waals surface area contributed by atoms with E-state index in [1.807, 2.05) is 35.7 Å². The quantitative estimate of drug-likeness (QED) is 0.327. The number of carbonyl (C=O) groups is 1. The predicted octanol–water partition coefficient (Wildman–Crippen LogP) is 4.82. The zero-order valence-corrected chi connectivity index (χ0v) is 13.6. The summed E-state index contributed by atoms with van der Waals surface area (Å²) in [6.45, 7) is 0. The molecule has 4 rings (SSSR count). The van der Waals surface area contributed by atoms with Crippen molar-refractivity contribution in [3.63, 3.8) is 0 Å². The Balaban J connectivity index is 1.76. The first-order chi connectivity index (χ1) is 11.8. The highest BCUT2D eigenvalue weighted by molar-refractivity contribution is 7.12. The molecule has 0 radical (unpaired) electrons. The van der Waals surface area contributed by atoms with Crippen molar-refractivity contribution in [2.24, 2.45) is 5.10 Å². The lowest BCUT2D eigenvalue weighted by Crippen LogP contribution is -2.16. The molecular formula is C20H14N2OS. The van der Waals surface area contributed by atoms with Crippen LogP contribution in [0.2, 0.25) is 0 Å². The zero-order valence-electron chi connectivity index (χ0n) is 12.8. The summed E-state index contributed by atoms with van der Waals surface area (Å²) in [6, 6.07) is 22.2. The Bertz CT molecular complexity index is 998. The van der Waals surface area contributed by atoms with E-state index in [4.69, 9.17) is 0 Å². The Hall–Kier alpha value is -2.98. The third-order valence-electron chi connectivity index (χ3n) is 3.92. The van der Waals surface area contributed by atoms with E-state index in [1.165, 1.54) is 11.3 Å². The van der Waals surface area contributed by atoms with Crippen LogP contribution in [-0.4, -0.2) is 12.1 Å². The topological polar surface area (TPSA) is 41.5 Å². The summed E-state index contributed by atoms with van der Waals surface area (Å²) in [5, 5.41) is 10.6. The van der Waals surface area contributed by atoms with E-state index in [9.17, 15) is 4.79 Å².